The van der Waals surface area contributed by atoms with Crippen molar-refractivity contribution in [3.63, 3.8) is 0 Å². The van der Waals surface area contributed by atoms with Gasteiger partial charge in [0.1, 0.15) is 29.6 Å². The first-order valence-corrected chi connectivity index (χ1v) is 14.5. The molecule has 12 heteroatoms. The van der Waals surface area contributed by atoms with Crippen molar-refractivity contribution < 1.29 is 33.9 Å². The zero-order chi connectivity index (χ0) is 32.2. The molecule has 1 unspecified atom stereocenters. The molecule has 1 atom stereocenters. The topological polar surface area (TPSA) is 149 Å². The van der Waals surface area contributed by atoms with Gasteiger partial charge in [-0.1, -0.05) is 66.5 Å². The second-order valence-electron chi connectivity index (χ2n) is 10.1. The third-order valence-corrected chi connectivity index (χ3v) is 8.17. The molecule has 1 saturated heterocycles. The molecular formula is C33H27N3O8S. The smallest absolute Gasteiger partial charge is 0.350 e. The molecule has 5 rings (SSSR count). The summed E-state index contributed by atoms with van der Waals surface area (Å²) in [5, 5.41) is 23.2. The summed E-state index contributed by atoms with van der Waals surface area (Å²) in [4.78, 5) is 56.3. The number of rotatable bonds is 10. The van der Waals surface area contributed by atoms with Gasteiger partial charge in [-0.3, -0.25) is 24.6 Å². The molecular weight excluding hydrogens is 598 g/mol. The van der Waals surface area contributed by atoms with Crippen molar-refractivity contribution in [1.82, 2.24) is 4.98 Å². The Hall–Kier alpha value is -5.62. The summed E-state index contributed by atoms with van der Waals surface area (Å²) < 4.78 is 11.1. The molecule has 0 spiro atoms. The number of aliphatic hydroxyl groups is 1. The van der Waals surface area contributed by atoms with Gasteiger partial charge in [-0.2, -0.15) is 0 Å². The number of esters is 1. The monoisotopic (exact) mass is 625 g/mol. The van der Waals surface area contributed by atoms with E-state index in [9.17, 15) is 29.6 Å². The summed E-state index contributed by atoms with van der Waals surface area (Å²) in [5.74, 6) is -2.66. The van der Waals surface area contributed by atoms with Crippen LogP contribution in [0.25, 0.3) is 5.76 Å². The van der Waals surface area contributed by atoms with Gasteiger partial charge in [0.2, 0.25) is 0 Å². The van der Waals surface area contributed by atoms with E-state index in [0.717, 1.165) is 21.8 Å². The van der Waals surface area contributed by atoms with E-state index in [4.69, 9.17) is 9.47 Å². The molecule has 2 heterocycles. The highest BCUT2D eigenvalue weighted by atomic mass is 32.1. The summed E-state index contributed by atoms with van der Waals surface area (Å²) in [6.45, 7) is 7.12. The van der Waals surface area contributed by atoms with E-state index >= 15 is 0 Å². The lowest BCUT2D eigenvalue weighted by molar-refractivity contribution is -0.384. The van der Waals surface area contributed by atoms with Gasteiger partial charge in [0, 0.05) is 17.7 Å². The third kappa shape index (κ3) is 6.22. The van der Waals surface area contributed by atoms with Gasteiger partial charge >= 0.3 is 11.9 Å². The van der Waals surface area contributed by atoms with E-state index in [1.165, 1.54) is 30.3 Å². The Balaban J connectivity index is 1.59. The predicted octanol–water partition coefficient (Wildman–Crippen LogP) is 6.22. The summed E-state index contributed by atoms with van der Waals surface area (Å²) in [6, 6.07) is 18.5. The highest BCUT2D eigenvalue weighted by molar-refractivity contribution is 7.17. The number of nitro groups is 1. The van der Waals surface area contributed by atoms with Crippen molar-refractivity contribution in [2.24, 2.45) is 0 Å². The third-order valence-electron chi connectivity index (χ3n) is 7.04. The molecule has 1 fully saturated rings. The maximum absolute atomic E-state index is 13.6. The average molecular weight is 626 g/mol. The molecule has 0 radical (unpaired) electrons. The first-order valence-electron chi connectivity index (χ1n) is 13.7. The number of amides is 1. The first kappa shape index (κ1) is 30.8. The highest BCUT2D eigenvalue weighted by Gasteiger charge is 2.48. The van der Waals surface area contributed by atoms with E-state index in [1.54, 1.807) is 32.0 Å². The zero-order valence-corrected chi connectivity index (χ0v) is 25.1. The number of benzene rings is 3. The fourth-order valence-electron chi connectivity index (χ4n) is 4.88. The molecule has 1 N–H and O–H groups in total. The van der Waals surface area contributed by atoms with E-state index in [1.807, 2.05) is 30.3 Å². The van der Waals surface area contributed by atoms with E-state index in [2.05, 4.69) is 11.6 Å². The van der Waals surface area contributed by atoms with Crippen molar-refractivity contribution >= 4 is 45.6 Å². The number of carbonyl (C=O) groups is 3. The average Bonchev–Trinajstić information content (AvgIpc) is 3.55. The van der Waals surface area contributed by atoms with Crippen LogP contribution in [0.2, 0.25) is 0 Å². The number of aromatic nitrogens is 1. The Kier molecular flexibility index (Phi) is 8.86. The molecule has 1 aliphatic rings. The fraction of sp³-hybridized carbons (Fsp3) is 0.152. The Morgan fingerprint density at radius 3 is 2.56 bits per heavy atom. The molecule has 4 aromatic rings. The number of hydrogen-bond acceptors (Lipinski definition) is 10. The first-order chi connectivity index (χ1) is 21.6. The second-order valence-corrected chi connectivity index (χ2v) is 11.1. The van der Waals surface area contributed by atoms with Crippen LogP contribution in [-0.4, -0.2) is 39.3 Å². The number of Topliss-reactive ketones (excluding diaryl/α,β-unsaturated/α-hetero) is 1. The highest BCUT2D eigenvalue weighted by Crippen LogP contribution is 2.44. The van der Waals surface area contributed by atoms with Gasteiger partial charge in [-0.05, 0) is 48.7 Å². The van der Waals surface area contributed by atoms with Crippen LogP contribution in [0.15, 0.2) is 91.0 Å². The van der Waals surface area contributed by atoms with E-state index < -0.39 is 34.4 Å². The Morgan fingerprint density at radius 2 is 1.87 bits per heavy atom. The van der Waals surface area contributed by atoms with Gasteiger partial charge < -0.3 is 14.6 Å². The minimum absolute atomic E-state index is 0.0171. The van der Waals surface area contributed by atoms with Crippen molar-refractivity contribution in [2.45, 2.75) is 26.5 Å². The lowest BCUT2D eigenvalue weighted by atomic mass is 9.94. The number of thiazole rings is 1. The standard InChI is InChI=1S/C33H27N3O8S/c1-4-15-43-32(40)30-20(3)34-33(45-30)35-27(22-11-8-12-24(17-22)36(41)42)26(29(38)31(35)39)28(37)23-13-14-25(19(2)16-23)44-18-21-9-6-5-7-10-21/h4-14,16-17,27,37H,1,15,18H2,2-3H3/b28-26-. The Morgan fingerprint density at radius 1 is 1.11 bits per heavy atom. The number of carbonyl (C=O) groups excluding carboxylic acids is 3. The lowest BCUT2D eigenvalue weighted by Crippen LogP contribution is -2.29. The van der Waals surface area contributed by atoms with Crippen LogP contribution in [0.1, 0.15) is 43.7 Å². The molecule has 45 heavy (non-hydrogen) atoms. The molecule has 11 nitrogen and oxygen atoms in total. The van der Waals surface area contributed by atoms with Crippen molar-refractivity contribution in [3.05, 3.63) is 134 Å². The van der Waals surface area contributed by atoms with Crippen LogP contribution in [0.3, 0.4) is 0 Å². The van der Waals surface area contributed by atoms with Crippen LogP contribution < -0.4 is 9.64 Å². The molecule has 1 amide bonds. The molecule has 1 aromatic heterocycles. The molecule has 0 bridgehead atoms. The summed E-state index contributed by atoms with van der Waals surface area (Å²) in [7, 11) is 0. The maximum atomic E-state index is 13.6. The number of nitro benzene ring substituents is 1. The van der Waals surface area contributed by atoms with Crippen molar-refractivity contribution in [1.29, 1.82) is 0 Å². The van der Waals surface area contributed by atoms with Crippen LogP contribution in [0, 0.1) is 24.0 Å². The second kappa shape index (κ2) is 12.9. The number of non-ortho nitro benzene ring substituents is 1. The zero-order valence-electron chi connectivity index (χ0n) is 24.3. The predicted molar refractivity (Wildman–Crippen MR) is 167 cm³/mol. The molecule has 0 aliphatic carbocycles. The van der Waals surface area contributed by atoms with Gasteiger partial charge in [0.15, 0.2) is 5.13 Å². The largest absolute Gasteiger partial charge is 0.507 e. The van der Waals surface area contributed by atoms with Crippen LogP contribution in [0.4, 0.5) is 10.8 Å². The van der Waals surface area contributed by atoms with Crippen molar-refractivity contribution in [3.8, 4) is 5.75 Å². The van der Waals surface area contributed by atoms with E-state index in [0.29, 0.717) is 17.9 Å². The number of anilines is 1. The SMILES string of the molecule is C=CCOC(=O)c1sc(N2C(=O)C(=O)/C(=C(\O)c3ccc(OCc4ccccc4)c(C)c3)C2c2cccc([N+](=O)[O-])c2)nc1C. The van der Waals surface area contributed by atoms with Crippen LogP contribution in [-0.2, 0) is 20.9 Å². The quantitative estimate of drug-likeness (QED) is 0.0412. The summed E-state index contributed by atoms with van der Waals surface area (Å²) in [6.07, 6.45) is 1.40. The molecule has 228 valence electrons. The fourth-order valence-corrected chi connectivity index (χ4v) is 5.87. The Labute approximate surface area is 261 Å². The summed E-state index contributed by atoms with van der Waals surface area (Å²) in [5.41, 5.74) is 1.74. The minimum atomic E-state index is -1.29. The van der Waals surface area contributed by atoms with Gasteiger partial charge in [-0.25, -0.2) is 9.78 Å². The molecule has 1 aliphatic heterocycles. The number of ether oxygens (including phenoxy) is 2. The number of nitrogens with zero attached hydrogens (tertiary/aromatic N) is 3. The Bertz CT molecular complexity index is 1860. The van der Waals surface area contributed by atoms with Gasteiger partial charge in [0.25, 0.3) is 11.5 Å². The lowest BCUT2D eigenvalue weighted by Gasteiger charge is -2.23. The van der Waals surface area contributed by atoms with Gasteiger partial charge in [0.05, 0.1) is 22.2 Å². The van der Waals surface area contributed by atoms with Crippen molar-refractivity contribution in [2.75, 3.05) is 11.5 Å². The number of aryl methyl sites for hydroxylation is 2. The maximum Gasteiger partial charge on any atom is 0.350 e. The molecule has 0 saturated carbocycles. The van der Waals surface area contributed by atoms with Crippen LogP contribution >= 0.6 is 11.3 Å². The number of aliphatic hydroxyl groups excluding tert-OH is 1. The normalized spacial score (nSPS) is 15.6. The minimum Gasteiger partial charge on any atom is -0.507 e. The summed E-state index contributed by atoms with van der Waals surface area (Å²) >= 11 is 0.826. The molecule has 3 aromatic carbocycles. The van der Waals surface area contributed by atoms with Gasteiger partial charge in [-0.15, -0.1) is 0 Å². The number of hydrogen-bond donors (Lipinski definition) is 1. The van der Waals surface area contributed by atoms with Crippen LogP contribution in [0.5, 0.6) is 5.75 Å². The van der Waals surface area contributed by atoms with E-state index in [-0.39, 0.29) is 44.7 Å². The number of ketones is 1.